The molecular weight excluding hydrogens is 448 g/mol. The maximum Gasteiger partial charge on any atom is 0.323 e. The first-order valence-corrected chi connectivity index (χ1v) is 11.8. The molecule has 0 aromatic heterocycles. The number of benzene rings is 3. The highest BCUT2D eigenvalue weighted by atomic mass is 35.5. The third-order valence-electron chi connectivity index (χ3n) is 6.16. The maximum atomic E-state index is 12.7. The number of carbonyl (C=O) groups excluding carboxylic acids is 2. The van der Waals surface area contributed by atoms with Crippen LogP contribution in [0.15, 0.2) is 66.7 Å². The number of hydrogen-bond donors (Lipinski definition) is 2. The Balaban J connectivity index is 1.27. The van der Waals surface area contributed by atoms with E-state index in [-0.39, 0.29) is 11.9 Å². The lowest BCUT2D eigenvalue weighted by Crippen LogP contribution is -2.49. The number of nitrogens with zero attached hydrogens (tertiary/aromatic N) is 2. The van der Waals surface area contributed by atoms with Gasteiger partial charge in [-0.1, -0.05) is 41.9 Å². The van der Waals surface area contributed by atoms with Gasteiger partial charge in [0.05, 0.1) is 6.42 Å². The standard InChI is InChI=1S/C27H29ClN4O2/c1-19-5-3-4-6-21(19)17-26(33)32-15-13-31(14-16-32)24-11-9-22(10-12-24)29-27(34)30-23-8-7-20(2)25(28)18-23/h3-12,18H,13-17H2,1-2H3,(H2,29,30,34). The van der Waals surface area contributed by atoms with Gasteiger partial charge >= 0.3 is 6.03 Å². The second kappa shape index (κ2) is 10.6. The summed E-state index contributed by atoms with van der Waals surface area (Å²) in [6.45, 7) is 6.91. The number of urea groups is 1. The number of rotatable bonds is 5. The number of anilines is 3. The number of amides is 3. The summed E-state index contributed by atoms with van der Waals surface area (Å²) in [5, 5.41) is 6.24. The minimum absolute atomic E-state index is 0.175. The van der Waals surface area contributed by atoms with Gasteiger partial charge in [0.15, 0.2) is 0 Å². The van der Waals surface area contributed by atoms with Crippen LogP contribution in [0.4, 0.5) is 21.9 Å². The van der Waals surface area contributed by atoms with Crippen LogP contribution in [0.3, 0.4) is 0 Å². The van der Waals surface area contributed by atoms with E-state index in [1.807, 2.05) is 79.4 Å². The lowest BCUT2D eigenvalue weighted by atomic mass is 10.1. The molecule has 1 saturated heterocycles. The van der Waals surface area contributed by atoms with Crippen molar-refractivity contribution in [1.29, 1.82) is 0 Å². The Hall–Kier alpha value is -3.51. The molecule has 3 aromatic carbocycles. The summed E-state index contributed by atoms with van der Waals surface area (Å²) < 4.78 is 0. The molecule has 0 unspecified atom stereocenters. The van der Waals surface area contributed by atoms with E-state index >= 15 is 0 Å². The molecule has 0 atom stereocenters. The van der Waals surface area contributed by atoms with Gasteiger partial charge < -0.3 is 20.4 Å². The summed E-state index contributed by atoms with van der Waals surface area (Å²) in [5.41, 5.74) is 5.61. The molecule has 0 bridgehead atoms. The van der Waals surface area contributed by atoms with Gasteiger partial charge in [0.2, 0.25) is 5.91 Å². The molecule has 4 rings (SSSR count). The molecule has 0 spiro atoms. The zero-order chi connectivity index (χ0) is 24.1. The normalized spacial score (nSPS) is 13.5. The van der Waals surface area contributed by atoms with Crippen LogP contribution >= 0.6 is 11.6 Å². The molecule has 2 N–H and O–H groups in total. The molecule has 1 fully saturated rings. The molecule has 1 aliphatic heterocycles. The highest BCUT2D eigenvalue weighted by Crippen LogP contribution is 2.22. The number of aryl methyl sites for hydroxylation is 2. The van der Waals surface area contributed by atoms with Crippen molar-refractivity contribution >= 4 is 40.6 Å². The van der Waals surface area contributed by atoms with Gasteiger partial charge in [0.1, 0.15) is 0 Å². The predicted octanol–water partition coefficient (Wildman–Crippen LogP) is 5.49. The SMILES string of the molecule is Cc1ccc(NC(=O)Nc2ccc(N3CCN(C(=O)Cc4ccccc4C)CC3)cc2)cc1Cl. The Morgan fingerprint density at radius 2 is 1.47 bits per heavy atom. The zero-order valence-corrected chi connectivity index (χ0v) is 20.2. The van der Waals surface area contributed by atoms with Crippen LogP contribution in [-0.2, 0) is 11.2 Å². The van der Waals surface area contributed by atoms with Gasteiger partial charge in [-0.15, -0.1) is 0 Å². The first kappa shape index (κ1) is 23.6. The van der Waals surface area contributed by atoms with Crippen molar-refractivity contribution in [2.24, 2.45) is 0 Å². The second-order valence-electron chi connectivity index (χ2n) is 8.56. The van der Waals surface area contributed by atoms with Gasteiger partial charge in [-0.2, -0.15) is 0 Å². The number of hydrogen-bond acceptors (Lipinski definition) is 3. The number of carbonyl (C=O) groups is 2. The van der Waals surface area contributed by atoms with Crippen molar-refractivity contribution in [3.8, 4) is 0 Å². The third kappa shape index (κ3) is 5.88. The quantitative estimate of drug-likeness (QED) is 0.511. The van der Waals surface area contributed by atoms with Crippen molar-refractivity contribution in [1.82, 2.24) is 4.90 Å². The summed E-state index contributed by atoms with van der Waals surface area (Å²) in [6.07, 6.45) is 0.448. The summed E-state index contributed by atoms with van der Waals surface area (Å²) in [5.74, 6) is 0.175. The van der Waals surface area contributed by atoms with Crippen LogP contribution in [0.2, 0.25) is 5.02 Å². The summed E-state index contributed by atoms with van der Waals surface area (Å²) >= 11 is 6.12. The van der Waals surface area contributed by atoms with Crippen LogP contribution in [0.5, 0.6) is 0 Å². The fourth-order valence-corrected chi connectivity index (χ4v) is 4.20. The topological polar surface area (TPSA) is 64.7 Å². The molecule has 3 aromatic rings. The monoisotopic (exact) mass is 476 g/mol. The van der Waals surface area contributed by atoms with Crippen LogP contribution in [0, 0.1) is 13.8 Å². The molecule has 0 radical (unpaired) electrons. The molecule has 0 saturated carbocycles. The van der Waals surface area contributed by atoms with Gasteiger partial charge in [0.25, 0.3) is 0 Å². The lowest BCUT2D eigenvalue weighted by Gasteiger charge is -2.36. The van der Waals surface area contributed by atoms with E-state index in [9.17, 15) is 9.59 Å². The average Bonchev–Trinajstić information content (AvgIpc) is 2.83. The van der Waals surface area contributed by atoms with Gasteiger partial charge in [-0.3, -0.25) is 4.79 Å². The summed E-state index contributed by atoms with van der Waals surface area (Å²) in [6, 6.07) is 20.9. The molecule has 7 heteroatoms. The average molecular weight is 477 g/mol. The van der Waals surface area contributed by atoms with E-state index in [4.69, 9.17) is 11.6 Å². The first-order valence-electron chi connectivity index (χ1n) is 11.4. The molecule has 1 heterocycles. The second-order valence-corrected chi connectivity index (χ2v) is 8.97. The minimum Gasteiger partial charge on any atom is -0.368 e. The van der Waals surface area contributed by atoms with Crippen molar-refractivity contribution in [3.05, 3.63) is 88.4 Å². The third-order valence-corrected chi connectivity index (χ3v) is 6.56. The van der Waals surface area contributed by atoms with Crippen LogP contribution in [-0.4, -0.2) is 43.0 Å². The van der Waals surface area contributed by atoms with Gasteiger partial charge in [-0.25, -0.2) is 4.79 Å². The van der Waals surface area contributed by atoms with Gasteiger partial charge in [0, 0.05) is 48.3 Å². The fraction of sp³-hybridized carbons (Fsp3) is 0.259. The highest BCUT2D eigenvalue weighted by Gasteiger charge is 2.21. The summed E-state index contributed by atoms with van der Waals surface area (Å²) in [7, 11) is 0. The highest BCUT2D eigenvalue weighted by molar-refractivity contribution is 6.31. The zero-order valence-electron chi connectivity index (χ0n) is 19.5. The molecule has 0 aliphatic carbocycles. The molecule has 3 amide bonds. The van der Waals surface area contributed by atoms with Crippen LogP contribution < -0.4 is 15.5 Å². The number of nitrogens with one attached hydrogen (secondary N) is 2. The Labute approximate surface area is 205 Å². The Morgan fingerprint density at radius 1 is 0.824 bits per heavy atom. The largest absolute Gasteiger partial charge is 0.368 e. The summed E-state index contributed by atoms with van der Waals surface area (Å²) in [4.78, 5) is 29.2. The predicted molar refractivity (Wildman–Crippen MR) is 139 cm³/mol. The smallest absolute Gasteiger partial charge is 0.323 e. The van der Waals surface area contributed by atoms with E-state index < -0.39 is 0 Å². The van der Waals surface area contributed by atoms with E-state index in [1.165, 1.54) is 0 Å². The van der Waals surface area contributed by atoms with E-state index in [0.717, 1.165) is 35.5 Å². The lowest BCUT2D eigenvalue weighted by molar-refractivity contribution is -0.130. The molecule has 176 valence electrons. The fourth-order valence-electron chi connectivity index (χ4n) is 4.02. The van der Waals surface area contributed by atoms with Crippen molar-refractivity contribution in [3.63, 3.8) is 0 Å². The first-order chi connectivity index (χ1) is 16.4. The van der Waals surface area contributed by atoms with E-state index in [0.29, 0.717) is 35.9 Å². The van der Waals surface area contributed by atoms with Crippen molar-refractivity contribution < 1.29 is 9.59 Å². The molecule has 1 aliphatic rings. The maximum absolute atomic E-state index is 12.7. The van der Waals surface area contributed by atoms with Crippen LogP contribution in [0.25, 0.3) is 0 Å². The molecular formula is C27H29ClN4O2. The molecule has 6 nitrogen and oxygen atoms in total. The van der Waals surface area contributed by atoms with Crippen molar-refractivity contribution in [2.75, 3.05) is 41.7 Å². The Kier molecular flexibility index (Phi) is 7.38. The number of halogens is 1. The van der Waals surface area contributed by atoms with E-state index in [2.05, 4.69) is 15.5 Å². The number of piperazine rings is 1. The van der Waals surface area contributed by atoms with Gasteiger partial charge in [-0.05, 0) is 66.9 Å². The Bertz CT molecular complexity index is 1170. The van der Waals surface area contributed by atoms with E-state index in [1.54, 1.807) is 6.07 Å². The van der Waals surface area contributed by atoms with Crippen LogP contribution in [0.1, 0.15) is 16.7 Å². The minimum atomic E-state index is -0.326. The Morgan fingerprint density at radius 3 is 2.15 bits per heavy atom. The molecule has 34 heavy (non-hydrogen) atoms. The van der Waals surface area contributed by atoms with Crippen molar-refractivity contribution in [2.45, 2.75) is 20.3 Å².